The van der Waals surface area contributed by atoms with Gasteiger partial charge in [0.25, 0.3) is 5.91 Å². The lowest BCUT2D eigenvalue weighted by molar-refractivity contribution is 0.0635. The average molecular weight is 271 g/mol. The Morgan fingerprint density at radius 2 is 2.11 bits per heavy atom. The van der Waals surface area contributed by atoms with Gasteiger partial charge in [0.05, 0.1) is 0 Å². The van der Waals surface area contributed by atoms with Crippen molar-refractivity contribution in [3.05, 3.63) is 11.1 Å². The molecule has 0 aliphatic rings. The molecular weight excluding hydrogens is 254 g/mol. The van der Waals surface area contributed by atoms with Gasteiger partial charge in [-0.05, 0) is 27.7 Å². The summed E-state index contributed by atoms with van der Waals surface area (Å²) in [5.41, 5.74) is -0.281. The van der Waals surface area contributed by atoms with Crippen LogP contribution >= 0.6 is 11.3 Å². The smallest absolute Gasteiger partial charge is 0.413 e. The summed E-state index contributed by atoms with van der Waals surface area (Å²) in [5.74, 6) is -0.258. The summed E-state index contributed by atoms with van der Waals surface area (Å²) < 4.78 is 5.07. The van der Waals surface area contributed by atoms with Gasteiger partial charge >= 0.3 is 6.09 Å². The molecule has 0 aliphatic heterocycles. The van der Waals surface area contributed by atoms with E-state index in [9.17, 15) is 9.59 Å². The van der Waals surface area contributed by atoms with E-state index < -0.39 is 11.7 Å². The number of thiazole rings is 1. The molecule has 0 aliphatic carbocycles. The Labute approximate surface area is 110 Å². The van der Waals surface area contributed by atoms with Crippen molar-refractivity contribution in [3.63, 3.8) is 0 Å². The van der Waals surface area contributed by atoms with Crippen molar-refractivity contribution in [3.8, 4) is 0 Å². The molecule has 0 fully saturated rings. The second kappa shape index (κ2) is 5.81. The van der Waals surface area contributed by atoms with Crippen LogP contribution in [0.3, 0.4) is 0 Å². The van der Waals surface area contributed by atoms with E-state index in [0.717, 1.165) is 0 Å². The fraction of sp³-hybridized carbons (Fsp3) is 0.545. The Balaban J connectivity index is 2.59. The summed E-state index contributed by atoms with van der Waals surface area (Å²) in [4.78, 5) is 26.9. The summed E-state index contributed by atoms with van der Waals surface area (Å²) in [6, 6.07) is 0. The number of nitrogens with one attached hydrogen (secondary N) is 2. The molecule has 0 saturated heterocycles. The number of nitrogens with zero attached hydrogens (tertiary/aromatic N) is 1. The summed E-state index contributed by atoms with van der Waals surface area (Å²) in [7, 11) is 0. The summed E-state index contributed by atoms with van der Waals surface area (Å²) >= 11 is 1.17. The van der Waals surface area contributed by atoms with Gasteiger partial charge in [0.1, 0.15) is 11.3 Å². The van der Waals surface area contributed by atoms with E-state index in [4.69, 9.17) is 4.74 Å². The van der Waals surface area contributed by atoms with E-state index in [2.05, 4.69) is 15.6 Å². The monoisotopic (exact) mass is 271 g/mol. The number of aromatic nitrogens is 1. The SMILES string of the molecule is CCNC(=O)c1csc(NC(=O)OC(C)(C)C)n1. The summed E-state index contributed by atoms with van der Waals surface area (Å²) in [6.07, 6.45) is -0.584. The molecule has 0 aromatic carbocycles. The minimum Gasteiger partial charge on any atom is -0.444 e. The van der Waals surface area contributed by atoms with Crippen molar-refractivity contribution < 1.29 is 14.3 Å². The Morgan fingerprint density at radius 1 is 1.44 bits per heavy atom. The van der Waals surface area contributed by atoms with Crippen LogP contribution in [0.2, 0.25) is 0 Å². The first-order chi connectivity index (χ1) is 8.31. The standard InChI is InChI=1S/C11H17N3O3S/c1-5-12-8(15)7-6-18-9(13-7)14-10(16)17-11(2,3)4/h6H,5H2,1-4H3,(H,12,15)(H,13,14,16). The molecular formula is C11H17N3O3S. The lowest BCUT2D eigenvalue weighted by atomic mass is 10.2. The fourth-order valence-electron chi connectivity index (χ4n) is 1.08. The number of carbonyl (C=O) groups is 2. The average Bonchev–Trinajstić information content (AvgIpc) is 2.63. The number of hydrogen-bond donors (Lipinski definition) is 2. The lowest BCUT2D eigenvalue weighted by Crippen LogP contribution is -2.27. The molecule has 6 nitrogen and oxygen atoms in total. The van der Waals surface area contributed by atoms with Gasteiger partial charge in [-0.2, -0.15) is 0 Å². The molecule has 0 bridgehead atoms. The van der Waals surface area contributed by atoms with Crippen LogP contribution in [-0.4, -0.2) is 29.1 Å². The maximum atomic E-state index is 11.5. The maximum absolute atomic E-state index is 11.5. The molecule has 0 saturated carbocycles. The van der Waals surface area contributed by atoms with Gasteiger partial charge in [-0.1, -0.05) is 0 Å². The van der Waals surface area contributed by atoms with E-state index >= 15 is 0 Å². The second-order valence-corrected chi connectivity index (χ2v) is 5.38. The zero-order chi connectivity index (χ0) is 13.8. The van der Waals surface area contributed by atoms with Gasteiger partial charge in [-0.15, -0.1) is 11.3 Å². The van der Waals surface area contributed by atoms with Gasteiger partial charge in [-0.3, -0.25) is 10.1 Å². The van der Waals surface area contributed by atoms with Crippen molar-refractivity contribution >= 4 is 28.5 Å². The molecule has 0 unspecified atom stereocenters. The van der Waals surface area contributed by atoms with Crippen LogP contribution in [0, 0.1) is 0 Å². The number of amides is 2. The molecule has 1 heterocycles. The number of anilines is 1. The van der Waals surface area contributed by atoms with Crippen LogP contribution in [-0.2, 0) is 4.74 Å². The molecule has 1 rings (SSSR count). The Hall–Kier alpha value is -1.63. The van der Waals surface area contributed by atoms with Crippen LogP contribution in [0.1, 0.15) is 38.2 Å². The Bertz CT molecular complexity index is 437. The normalized spacial score (nSPS) is 10.9. The molecule has 100 valence electrons. The van der Waals surface area contributed by atoms with Crippen molar-refractivity contribution in [2.45, 2.75) is 33.3 Å². The summed E-state index contributed by atoms with van der Waals surface area (Å²) in [6.45, 7) is 7.67. The second-order valence-electron chi connectivity index (χ2n) is 4.52. The number of ether oxygens (including phenoxy) is 1. The van der Waals surface area contributed by atoms with Crippen molar-refractivity contribution in [2.75, 3.05) is 11.9 Å². The van der Waals surface area contributed by atoms with Crippen LogP contribution in [0.4, 0.5) is 9.93 Å². The van der Waals surface area contributed by atoms with E-state index in [1.54, 1.807) is 26.2 Å². The largest absolute Gasteiger partial charge is 0.444 e. The Morgan fingerprint density at radius 3 is 2.67 bits per heavy atom. The molecule has 1 aromatic heterocycles. The van der Waals surface area contributed by atoms with Gasteiger partial charge < -0.3 is 10.1 Å². The summed E-state index contributed by atoms with van der Waals surface area (Å²) in [5, 5.41) is 7.03. The third-order valence-corrected chi connectivity index (χ3v) is 2.44. The van der Waals surface area contributed by atoms with Crippen LogP contribution < -0.4 is 10.6 Å². The topological polar surface area (TPSA) is 80.3 Å². The molecule has 7 heteroatoms. The molecule has 0 spiro atoms. The molecule has 0 radical (unpaired) electrons. The number of carbonyl (C=O) groups excluding carboxylic acids is 2. The van der Waals surface area contributed by atoms with Gasteiger partial charge in [-0.25, -0.2) is 9.78 Å². The van der Waals surface area contributed by atoms with E-state index in [-0.39, 0.29) is 11.6 Å². The van der Waals surface area contributed by atoms with E-state index in [1.165, 1.54) is 11.3 Å². The van der Waals surface area contributed by atoms with Gasteiger partial charge in [0.2, 0.25) is 0 Å². The molecule has 18 heavy (non-hydrogen) atoms. The predicted molar refractivity (Wildman–Crippen MR) is 70.0 cm³/mol. The lowest BCUT2D eigenvalue weighted by Gasteiger charge is -2.18. The fourth-order valence-corrected chi connectivity index (χ4v) is 1.75. The third-order valence-electron chi connectivity index (χ3n) is 1.68. The van der Waals surface area contributed by atoms with Crippen molar-refractivity contribution in [1.82, 2.24) is 10.3 Å². The first kappa shape index (κ1) is 14.4. The zero-order valence-electron chi connectivity index (χ0n) is 10.9. The first-order valence-electron chi connectivity index (χ1n) is 5.55. The zero-order valence-corrected chi connectivity index (χ0v) is 11.7. The highest BCUT2D eigenvalue weighted by Crippen LogP contribution is 2.17. The highest BCUT2D eigenvalue weighted by molar-refractivity contribution is 7.14. The highest BCUT2D eigenvalue weighted by atomic mass is 32.1. The first-order valence-corrected chi connectivity index (χ1v) is 6.43. The van der Waals surface area contributed by atoms with E-state index in [1.807, 2.05) is 6.92 Å². The molecule has 2 amide bonds. The van der Waals surface area contributed by atoms with Crippen LogP contribution in [0.25, 0.3) is 0 Å². The minimum absolute atomic E-state index is 0.258. The number of hydrogen-bond acceptors (Lipinski definition) is 5. The highest BCUT2D eigenvalue weighted by Gasteiger charge is 2.18. The predicted octanol–water partition coefficient (Wildman–Crippen LogP) is 2.24. The van der Waals surface area contributed by atoms with Crippen LogP contribution in [0.15, 0.2) is 5.38 Å². The molecule has 1 aromatic rings. The van der Waals surface area contributed by atoms with Gasteiger partial charge in [0.15, 0.2) is 5.13 Å². The molecule has 0 atom stereocenters. The number of rotatable bonds is 3. The van der Waals surface area contributed by atoms with Gasteiger partial charge in [0, 0.05) is 11.9 Å². The van der Waals surface area contributed by atoms with Crippen molar-refractivity contribution in [1.29, 1.82) is 0 Å². The third kappa shape index (κ3) is 4.70. The van der Waals surface area contributed by atoms with E-state index in [0.29, 0.717) is 11.7 Å². The quantitative estimate of drug-likeness (QED) is 0.883. The van der Waals surface area contributed by atoms with Crippen LogP contribution in [0.5, 0.6) is 0 Å². The Kier molecular flexibility index (Phi) is 4.66. The van der Waals surface area contributed by atoms with Crippen molar-refractivity contribution in [2.24, 2.45) is 0 Å². The maximum Gasteiger partial charge on any atom is 0.413 e. The minimum atomic E-state index is -0.584. The molecule has 2 N–H and O–H groups in total.